The zero-order valence-electron chi connectivity index (χ0n) is 19.3. The van der Waals surface area contributed by atoms with Crippen LogP contribution >= 0.6 is 0 Å². The second-order valence-corrected chi connectivity index (χ2v) is 8.74. The van der Waals surface area contributed by atoms with E-state index in [1.807, 2.05) is 72.8 Å². The predicted molar refractivity (Wildman–Crippen MR) is 136 cm³/mol. The van der Waals surface area contributed by atoms with Crippen molar-refractivity contribution in [3.63, 3.8) is 0 Å². The molecule has 0 saturated carbocycles. The molecule has 0 unspecified atom stereocenters. The van der Waals surface area contributed by atoms with Crippen molar-refractivity contribution in [2.75, 3.05) is 5.32 Å². The summed E-state index contributed by atoms with van der Waals surface area (Å²) in [4.78, 5) is 33.5. The Bertz CT molecular complexity index is 1480. The zero-order valence-corrected chi connectivity index (χ0v) is 19.3. The first kappa shape index (κ1) is 21.8. The van der Waals surface area contributed by atoms with E-state index in [1.54, 1.807) is 36.4 Å². The molecule has 36 heavy (non-hydrogen) atoms. The van der Waals surface area contributed by atoms with Crippen molar-refractivity contribution >= 4 is 23.1 Å². The summed E-state index contributed by atoms with van der Waals surface area (Å²) in [6, 6.07) is 33.4. The number of ketones is 1. The molecule has 1 N–H and O–H groups in total. The highest BCUT2D eigenvalue weighted by Crippen LogP contribution is 2.50. The average Bonchev–Trinajstić information content (AvgIpc) is 3.47. The summed E-state index contributed by atoms with van der Waals surface area (Å²) in [6.45, 7) is 0.345. The van der Waals surface area contributed by atoms with Crippen LogP contribution in [0.3, 0.4) is 0 Å². The number of nitrogens with one attached hydrogen (secondary N) is 1. The molecule has 0 saturated heterocycles. The number of rotatable bonds is 6. The van der Waals surface area contributed by atoms with Crippen LogP contribution in [0.4, 0.5) is 5.69 Å². The van der Waals surface area contributed by atoms with E-state index in [4.69, 9.17) is 9.57 Å². The first-order valence-corrected chi connectivity index (χ1v) is 11.7. The average molecular weight is 475 g/mol. The van der Waals surface area contributed by atoms with Gasteiger partial charge >= 0.3 is 0 Å². The fraction of sp³-hybridized carbons (Fsp3) is 0.100. The maximum absolute atomic E-state index is 14.1. The maximum atomic E-state index is 14.1. The second-order valence-electron chi connectivity index (χ2n) is 8.74. The van der Waals surface area contributed by atoms with Gasteiger partial charge in [-0.15, -0.1) is 0 Å². The summed E-state index contributed by atoms with van der Waals surface area (Å²) in [6.07, 6.45) is 0. The normalized spacial score (nSPS) is 19.8. The van der Waals surface area contributed by atoms with E-state index in [0.717, 1.165) is 5.56 Å². The van der Waals surface area contributed by atoms with E-state index in [-0.39, 0.29) is 5.78 Å². The number of para-hydroxylation sites is 2. The van der Waals surface area contributed by atoms with Gasteiger partial charge in [-0.2, -0.15) is 0 Å². The molecule has 1 amide bonds. The minimum atomic E-state index is -1.61. The molecule has 6 rings (SSSR count). The topological polar surface area (TPSA) is 77.0 Å². The molecule has 6 heteroatoms. The number of oxime groups is 1. The Morgan fingerprint density at radius 1 is 0.861 bits per heavy atom. The van der Waals surface area contributed by atoms with Crippen molar-refractivity contribution in [2.24, 2.45) is 11.1 Å². The number of hydrogen-bond donors (Lipinski definition) is 1. The summed E-state index contributed by atoms with van der Waals surface area (Å²) in [5.41, 5.74) is 2.04. The van der Waals surface area contributed by atoms with Crippen LogP contribution in [0.15, 0.2) is 114 Å². The van der Waals surface area contributed by atoms with Crippen LogP contribution < -0.4 is 10.1 Å². The largest absolute Gasteiger partial charge is 0.488 e. The SMILES string of the molecule is O=C(c1ccccc1)[C@@H]1C(c2ccccc2OCc2ccccc2)=NO[C@@]12C(=O)Nc1ccccc12. The molecule has 2 heterocycles. The fourth-order valence-corrected chi connectivity index (χ4v) is 4.87. The standard InChI is InChI=1S/C30H22N2O4/c33-28(21-13-5-2-6-14-21)26-27(32-36-30(26)23-16-8-9-17-24(23)31-29(30)34)22-15-7-10-18-25(22)35-19-20-11-3-1-4-12-20/h1-18,26H,19H2,(H,31,34)/t26-,30+/m0/s1. The van der Waals surface area contributed by atoms with Gasteiger partial charge in [0.15, 0.2) is 5.78 Å². The molecule has 4 aromatic carbocycles. The van der Waals surface area contributed by atoms with Gasteiger partial charge in [-0.05, 0) is 23.8 Å². The van der Waals surface area contributed by atoms with Crippen LogP contribution in [0.5, 0.6) is 5.75 Å². The van der Waals surface area contributed by atoms with Gasteiger partial charge in [0.2, 0.25) is 0 Å². The van der Waals surface area contributed by atoms with E-state index in [0.29, 0.717) is 40.4 Å². The Morgan fingerprint density at radius 3 is 2.33 bits per heavy atom. The molecule has 6 nitrogen and oxygen atoms in total. The molecule has 0 aliphatic carbocycles. The van der Waals surface area contributed by atoms with Gasteiger partial charge in [0.1, 0.15) is 24.0 Å². The van der Waals surface area contributed by atoms with E-state index in [1.165, 1.54) is 0 Å². The number of nitrogens with zero attached hydrogens (tertiary/aromatic N) is 1. The monoisotopic (exact) mass is 474 g/mol. The molecule has 4 aromatic rings. The lowest BCUT2D eigenvalue weighted by molar-refractivity contribution is -0.140. The van der Waals surface area contributed by atoms with Crippen LogP contribution in [-0.4, -0.2) is 17.4 Å². The third-order valence-electron chi connectivity index (χ3n) is 6.60. The predicted octanol–water partition coefficient (Wildman–Crippen LogP) is 5.35. The Morgan fingerprint density at radius 2 is 1.53 bits per heavy atom. The van der Waals surface area contributed by atoms with Gasteiger partial charge in [0.25, 0.3) is 11.5 Å². The lowest BCUT2D eigenvalue weighted by Crippen LogP contribution is -2.46. The molecule has 1 spiro atoms. The van der Waals surface area contributed by atoms with E-state index < -0.39 is 17.4 Å². The molecule has 2 aliphatic heterocycles. The number of carbonyl (C=O) groups is 2. The third-order valence-corrected chi connectivity index (χ3v) is 6.60. The van der Waals surface area contributed by atoms with Crippen molar-refractivity contribution in [1.29, 1.82) is 0 Å². The number of amides is 1. The molecule has 2 aliphatic rings. The molecule has 0 fully saturated rings. The van der Waals surface area contributed by atoms with Gasteiger partial charge in [0, 0.05) is 22.4 Å². The summed E-state index contributed by atoms with van der Waals surface area (Å²) < 4.78 is 6.17. The van der Waals surface area contributed by atoms with Crippen molar-refractivity contribution in [1.82, 2.24) is 0 Å². The van der Waals surface area contributed by atoms with Gasteiger partial charge in [-0.25, -0.2) is 0 Å². The van der Waals surface area contributed by atoms with Crippen LogP contribution in [0, 0.1) is 5.92 Å². The fourth-order valence-electron chi connectivity index (χ4n) is 4.87. The third kappa shape index (κ3) is 3.46. The van der Waals surface area contributed by atoms with Crippen LogP contribution in [0.1, 0.15) is 27.0 Å². The van der Waals surface area contributed by atoms with Gasteiger partial charge < -0.3 is 14.9 Å². The van der Waals surface area contributed by atoms with Gasteiger partial charge in [-0.3, -0.25) is 9.59 Å². The molecule has 0 bridgehead atoms. The zero-order chi connectivity index (χ0) is 24.5. The lowest BCUT2D eigenvalue weighted by Gasteiger charge is -2.27. The molecule has 176 valence electrons. The Labute approximate surface area is 208 Å². The van der Waals surface area contributed by atoms with Gasteiger partial charge in [-0.1, -0.05) is 96.2 Å². The first-order valence-electron chi connectivity index (χ1n) is 11.7. The molecule has 0 radical (unpaired) electrons. The number of Topliss-reactive ketones (excluding diaryl/α,β-unsaturated/α-hetero) is 1. The van der Waals surface area contributed by atoms with Gasteiger partial charge in [0.05, 0.1) is 0 Å². The number of hydrogen-bond acceptors (Lipinski definition) is 5. The highest BCUT2D eigenvalue weighted by atomic mass is 16.7. The van der Waals surface area contributed by atoms with E-state index in [2.05, 4.69) is 10.5 Å². The van der Waals surface area contributed by atoms with Crippen molar-refractivity contribution < 1.29 is 19.2 Å². The quantitative estimate of drug-likeness (QED) is 0.383. The Kier molecular flexibility index (Phi) is 5.34. The smallest absolute Gasteiger partial charge is 0.277 e. The number of benzene rings is 4. The second kappa shape index (κ2) is 8.82. The Balaban J connectivity index is 1.45. The number of anilines is 1. The van der Waals surface area contributed by atoms with E-state index >= 15 is 0 Å². The number of carbonyl (C=O) groups excluding carboxylic acids is 2. The molecule has 0 aromatic heterocycles. The van der Waals surface area contributed by atoms with Crippen LogP contribution in [-0.2, 0) is 21.8 Å². The minimum absolute atomic E-state index is 0.253. The summed E-state index contributed by atoms with van der Waals surface area (Å²) in [7, 11) is 0. The van der Waals surface area contributed by atoms with Crippen LogP contribution in [0.2, 0.25) is 0 Å². The highest BCUT2D eigenvalue weighted by Gasteiger charge is 2.63. The van der Waals surface area contributed by atoms with Crippen LogP contribution in [0.25, 0.3) is 0 Å². The highest BCUT2D eigenvalue weighted by molar-refractivity contribution is 6.25. The van der Waals surface area contributed by atoms with Crippen molar-refractivity contribution in [3.8, 4) is 5.75 Å². The lowest BCUT2D eigenvalue weighted by atomic mass is 9.74. The number of fused-ring (bicyclic) bond motifs is 2. The molecular weight excluding hydrogens is 452 g/mol. The maximum Gasteiger partial charge on any atom is 0.277 e. The first-order chi connectivity index (χ1) is 17.7. The molecule has 2 atom stereocenters. The van der Waals surface area contributed by atoms with Crippen molar-refractivity contribution in [2.45, 2.75) is 12.2 Å². The summed E-state index contributed by atoms with van der Waals surface area (Å²) in [5, 5.41) is 7.27. The Hall–Kier alpha value is -4.71. The summed E-state index contributed by atoms with van der Waals surface area (Å²) in [5.74, 6) is -1.13. The van der Waals surface area contributed by atoms with Crippen molar-refractivity contribution in [3.05, 3.63) is 131 Å². The number of ether oxygens (including phenoxy) is 1. The summed E-state index contributed by atoms with van der Waals surface area (Å²) >= 11 is 0. The minimum Gasteiger partial charge on any atom is -0.488 e. The molecular formula is C30H22N2O4. The van der Waals surface area contributed by atoms with E-state index in [9.17, 15) is 9.59 Å².